The molecule has 0 amide bonds. The summed E-state index contributed by atoms with van der Waals surface area (Å²) in [4.78, 5) is 0.170. The highest BCUT2D eigenvalue weighted by Crippen LogP contribution is 2.25. The van der Waals surface area contributed by atoms with E-state index >= 15 is 0 Å². The van der Waals surface area contributed by atoms with Crippen LogP contribution in [0.5, 0.6) is 5.75 Å². The van der Waals surface area contributed by atoms with Crippen LogP contribution >= 0.6 is 0 Å². The average Bonchev–Trinajstić information content (AvgIpc) is 2.33. The van der Waals surface area contributed by atoms with Gasteiger partial charge in [0.25, 0.3) is 0 Å². The average molecular weight is 269 g/mol. The van der Waals surface area contributed by atoms with E-state index in [1.807, 2.05) is 13.8 Å². The molecule has 0 saturated heterocycles. The Bertz CT molecular complexity index is 509. The molecule has 4 nitrogen and oxygen atoms in total. The predicted molar refractivity (Wildman–Crippen MR) is 72.4 cm³/mol. The highest BCUT2D eigenvalue weighted by atomic mass is 32.2. The highest BCUT2D eigenvalue weighted by molar-refractivity contribution is 7.89. The van der Waals surface area contributed by atoms with E-state index in [2.05, 4.69) is 11.3 Å². The third-order valence-electron chi connectivity index (χ3n) is 2.27. The molecule has 0 unspecified atom stereocenters. The molecule has 0 fully saturated rings. The van der Waals surface area contributed by atoms with Gasteiger partial charge in [0.15, 0.2) is 0 Å². The van der Waals surface area contributed by atoms with Gasteiger partial charge in [0.1, 0.15) is 10.6 Å². The minimum atomic E-state index is -3.55. The van der Waals surface area contributed by atoms with Crippen molar-refractivity contribution in [1.29, 1.82) is 0 Å². The lowest BCUT2D eigenvalue weighted by Gasteiger charge is -2.12. The quantitative estimate of drug-likeness (QED) is 0.772. The molecule has 5 heteroatoms. The SMILES string of the molecule is C=CCNS(=O)(=O)c1ccc(C)cc1OCCC. The molecule has 1 rings (SSSR count). The zero-order chi connectivity index (χ0) is 13.6. The number of sulfonamides is 1. The molecule has 0 radical (unpaired) electrons. The fourth-order valence-electron chi connectivity index (χ4n) is 1.41. The van der Waals surface area contributed by atoms with Crippen LogP contribution in [-0.4, -0.2) is 21.6 Å². The first-order chi connectivity index (χ1) is 8.51. The van der Waals surface area contributed by atoms with E-state index < -0.39 is 10.0 Å². The summed E-state index contributed by atoms with van der Waals surface area (Å²) in [6.07, 6.45) is 2.33. The molecule has 100 valence electrons. The van der Waals surface area contributed by atoms with Gasteiger partial charge in [-0.05, 0) is 31.0 Å². The van der Waals surface area contributed by atoms with Gasteiger partial charge >= 0.3 is 0 Å². The number of rotatable bonds is 7. The van der Waals surface area contributed by atoms with E-state index in [9.17, 15) is 8.42 Å². The Morgan fingerprint density at radius 2 is 2.17 bits per heavy atom. The van der Waals surface area contributed by atoms with E-state index in [1.165, 1.54) is 6.08 Å². The van der Waals surface area contributed by atoms with Crippen molar-refractivity contribution < 1.29 is 13.2 Å². The second-order valence-corrected chi connectivity index (χ2v) is 5.67. The summed E-state index contributed by atoms with van der Waals surface area (Å²) in [5.41, 5.74) is 0.962. The fraction of sp³-hybridized carbons (Fsp3) is 0.385. The number of ether oxygens (including phenoxy) is 1. The maximum atomic E-state index is 12.0. The first-order valence-electron chi connectivity index (χ1n) is 5.85. The molecule has 0 saturated carbocycles. The van der Waals surface area contributed by atoms with Crippen LogP contribution in [0.2, 0.25) is 0 Å². The molecule has 0 bridgehead atoms. The van der Waals surface area contributed by atoms with Gasteiger partial charge in [0.2, 0.25) is 10.0 Å². The molecule has 0 aliphatic carbocycles. The summed E-state index contributed by atoms with van der Waals surface area (Å²) in [7, 11) is -3.55. The highest BCUT2D eigenvalue weighted by Gasteiger charge is 2.18. The number of aryl methyl sites for hydroxylation is 1. The maximum absolute atomic E-state index is 12.0. The van der Waals surface area contributed by atoms with Crippen molar-refractivity contribution >= 4 is 10.0 Å². The van der Waals surface area contributed by atoms with Gasteiger partial charge in [-0.1, -0.05) is 19.1 Å². The summed E-state index contributed by atoms with van der Waals surface area (Å²) < 4.78 is 32.0. The Hall–Kier alpha value is -1.33. The van der Waals surface area contributed by atoms with Crippen molar-refractivity contribution in [3.63, 3.8) is 0 Å². The van der Waals surface area contributed by atoms with Crippen LogP contribution in [0.15, 0.2) is 35.7 Å². The molecule has 0 spiro atoms. The summed E-state index contributed by atoms with van der Waals surface area (Å²) in [6.45, 7) is 8.04. The Kier molecular flexibility index (Phi) is 5.37. The summed E-state index contributed by atoms with van der Waals surface area (Å²) in [6, 6.07) is 5.05. The molecule has 0 aromatic heterocycles. The van der Waals surface area contributed by atoms with E-state index in [1.54, 1.807) is 18.2 Å². The lowest BCUT2D eigenvalue weighted by atomic mass is 10.2. The molecule has 0 aliphatic heterocycles. The Labute approximate surface area is 109 Å². The second kappa shape index (κ2) is 6.56. The lowest BCUT2D eigenvalue weighted by molar-refractivity contribution is 0.309. The Morgan fingerprint density at radius 3 is 2.78 bits per heavy atom. The molecule has 18 heavy (non-hydrogen) atoms. The predicted octanol–water partition coefficient (Wildman–Crippen LogP) is 2.25. The summed E-state index contributed by atoms with van der Waals surface area (Å²) >= 11 is 0. The van der Waals surface area contributed by atoms with Gasteiger partial charge in [-0.3, -0.25) is 0 Å². The molecular weight excluding hydrogens is 250 g/mol. The minimum absolute atomic E-state index is 0.170. The third-order valence-corrected chi connectivity index (χ3v) is 3.73. The summed E-state index contributed by atoms with van der Waals surface area (Å²) in [5.74, 6) is 0.397. The standard InChI is InChI=1S/C13H19NO3S/c1-4-8-14-18(15,16)13-7-6-11(3)10-12(13)17-9-5-2/h4,6-7,10,14H,1,5,8-9H2,2-3H3. The van der Waals surface area contributed by atoms with Crippen molar-refractivity contribution in [2.24, 2.45) is 0 Å². The normalized spacial score (nSPS) is 11.2. The number of nitrogens with one attached hydrogen (secondary N) is 1. The monoisotopic (exact) mass is 269 g/mol. The molecule has 1 N–H and O–H groups in total. The van der Waals surface area contributed by atoms with Gasteiger partial charge in [0.05, 0.1) is 6.61 Å². The van der Waals surface area contributed by atoms with Crippen molar-refractivity contribution in [3.05, 3.63) is 36.4 Å². The lowest BCUT2D eigenvalue weighted by Crippen LogP contribution is -2.24. The van der Waals surface area contributed by atoms with Crippen LogP contribution < -0.4 is 9.46 Å². The number of benzene rings is 1. The molecule has 0 aliphatic rings. The van der Waals surface area contributed by atoms with Crippen molar-refractivity contribution in [1.82, 2.24) is 4.72 Å². The minimum Gasteiger partial charge on any atom is -0.492 e. The largest absolute Gasteiger partial charge is 0.492 e. The first-order valence-corrected chi connectivity index (χ1v) is 7.33. The van der Waals surface area contributed by atoms with Crippen molar-refractivity contribution in [2.45, 2.75) is 25.2 Å². The van der Waals surface area contributed by atoms with Crippen molar-refractivity contribution in [3.8, 4) is 5.75 Å². The smallest absolute Gasteiger partial charge is 0.244 e. The Morgan fingerprint density at radius 1 is 1.44 bits per heavy atom. The van der Waals surface area contributed by atoms with Crippen molar-refractivity contribution in [2.75, 3.05) is 13.2 Å². The van der Waals surface area contributed by atoms with Crippen LogP contribution in [0.4, 0.5) is 0 Å². The van der Waals surface area contributed by atoms with Crippen LogP contribution in [0.25, 0.3) is 0 Å². The zero-order valence-electron chi connectivity index (χ0n) is 10.8. The topological polar surface area (TPSA) is 55.4 Å². The van der Waals surface area contributed by atoms with Gasteiger partial charge in [-0.15, -0.1) is 6.58 Å². The molecule has 1 aromatic rings. The number of hydrogen-bond donors (Lipinski definition) is 1. The zero-order valence-corrected chi connectivity index (χ0v) is 11.6. The second-order valence-electron chi connectivity index (χ2n) is 3.94. The maximum Gasteiger partial charge on any atom is 0.244 e. The Balaban J connectivity index is 3.10. The fourth-order valence-corrected chi connectivity index (χ4v) is 2.53. The van der Waals surface area contributed by atoms with Crippen LogP contribution in [-0.2, 0) is 10.0 Å². The van der Waals surface area contributed by atoms with Gasteiger partial charge in [0, 0.05) is 6.54 Å². The third kappa shape index (κ3) is 3.85. The molecule has 0 heterocycles. The van der Waals surface area contributed by atoms with Crippen LogP contribution in [0.1, 0.15) is 18.9 Å². The van der Waals surface area contributed by atoms with Gasteiger partial charge in [-0.2, -0.15) is 0 Å². The molecular formula is C13H19NO3S. The van der Waals surface area contributed by atoms with Crippen LogP contribution in [0, 0.1) is 6.92 Å². The first kappa shape index (κ1) is 14.7. The molecule has 1 aromatic carbocycles. The van der Waals surface area contributed by atoms with E-state index in [4.69, 9.17) is 4.74 Å². The van der Waals surface area contributed by atoms with Crippen LogP contribution in [0.3, 0.4) is 0 Å². The number of hydrogen-bond acceptors (Lipinski definition) is 3. The summed E-state index contributed by atoms with van der Waals surface area (Å²) in [5, 5.41) is 0. The van der Waals surface area contributed by atoms with Gasteiger partial charge in [-0.25, -0.2) is 13.1 Å². The van der Waals surface area contributed by atoms with E-state index in [-0.39, 0.29) is 11.4 Å². The van der Waals surface area contributed by atoms with E-state index in [0.29, 0.717) is 12.4 Å². The molecule has 0 atom stereocenters. The van der Waals surface area contributed by atoms with Gasteiger partial charge < -0.3 is 4.74 Å². The van der Waals surface area contributed by atoms with E-state index in [0.717, 1.165) is 12.0 Å².